The summed E-state index contributed by atoms with van der Waals surface area (Å²) in [6, 6.07) is 14.8. The molecule has 0 bridgehead atoms. The largest absolute Gasteiger partial charge is 0.497 e. The van der Waals surface area contributed by atoms with Gasteiger partial charge < -0.3 is 24.8 Å². The van der Waals surface area contributed by atoms with Crippen molar-refractivity contribution in [1.82, 2.24) is 14.8 Å². The number of aromatic nitrogens is 1. The molecule has 0 unspecified atom stereocenters. The Morgan fingerprint density at radius 3 is 2.50 bits per heavy atom. The Morgan fingerprint density at radius 1 is 0.969 bits per heavy atom. The van der Waals surface area contributed by atoms with E-state index in [-0.39, 0.29) is 30.6 Å². The smallest absolute Gasteiger partial charge is 0.256 e. The highest BCUT2D eigenvalue weighted by Crippen LogP contribution is 2.20. The fourth-order valence-corrected chi connectivity index (χ4v) is 3.88. The van der Waals surface area contributed by atoms with Gasteiger partial charge >= 0.3 is 0 Å². The Morgan fingerprint density at radius 2 is 1.72 bits per heavy atom. The number of methoxy groups -OCH3 is 1. The van der Waals surface area contributed by atoms with Crippen molar-refractivity contribution in [1.29, 1.82) is 0 Å². The van der Waals surface area contributed by atoms with Crippen LogP contribution in [0.3, 0.4) is 0 Å². The van der Waals surface area contributed by atoms with Crippen LogP contribution in [0.4, 0.5) is 5.69 Å². The van der Waals surface area contributed by atoms with E-state index in [4.69, 9.17) is 4.74 Å². The van der Waals surface area contributed by atoms with Crippen molar-refractivity contribution in [3.8, 4) is 5.75 Å². The maximum atomic E-state index is 12.9. The average Bonchev–Trinajstić information content (AvgIpc) is 3.26. The number of nitrogens with zero attached hydrogens (tertiary/aromatic N) is 2. The van der Waals surface area contributed by atoms with Crippen LogP contribution in [-0.2, 0) is 9.59 Å². The highest BCUT2D eigenvalue weighted by atomic mass is 16.5. The summed E-state index contributed by atoms with van der Waals surface area (Å²) in [5, 5.41) is 3.68. The molecule has 1 aromatic heterocycles. The molecule has 2 N–H and O–H groups in total. The summed E-state index contributed by atoms with van der Waals surface area (Å²) in [5.41, 5.74) is 2.21. The molecule has 0 radical (unpaired) electrons. The van der Waals surface area contributed by atoms with Gasteiger partial charge in [-0.3, -0.25) is 14.4 Å². The monoisotopic (exact) mass is 434 g/mol. The highest BCUT2D eigenvalue weighted by Gasteiger charge is 2.26. The van der Waals surface area contributed by atoms with Crippen molar-refractivity contribution >= 4 is 34.3 Å². The predicted molar refractivity (Wildman–Crippen MR) is 122 cm³/mol. The van der Waals surface area contributed by atoms with Gasteiger partial charge in [-0.1, -0.05) is 24.3 Å². The number of benzene rings is 2. The lowest BCUT2D eigenvalue weighted by Gasteiger charge is -2.34. The van der Waals surface area contributed by atoms with Gasteiger partial charge in [-0.2, -0.15) is 0 Å². The number of amides is 3. The molecule has 2 aromatic carbocycles. The van der Waals surface area contributed by atoms with Crippen LogP contribution in [0.1, 0.15) is 23.2 Å². The molecular formula is C24H26N4O4. The van der Waals surface area contributed by atoms with Gasteiger partial charge in [-0.05, 0) is 18.2 Å². The van der Waals surface area contributed by atoms with Crippen molar-refractivity contribution in [2.75, 3.05) is 38.6 Å². The normalized spacial score (nSPS) is 13.8. The number of piperazine rings is 1. The van der Waals surface area contributed by atoms with E-state index in [9.17, 15) is 14.4 Å². The number of carbonyl (C=O) groups is 3. The number of ether oxygens (including phenoxy) is 1. The lowest BCUT2D eigenvalue weighted by atomic mass is 10.1. The third kappa shape index (κ3) is 4.74. The van der Waals surface area contributed by atoms with Gasteiger partial charge in [0.05, 0.1) is 12.7 Å². The second-order valence-electron chi connectivity index (χ2n) is 7.70. The zero-order valence-electron chi connectivity index (χ0n) is 18.0. The number of fused-ring (bicyclic) bond motifs is 1. The maximum absolute atomic E-state index is 12.9. The third-order valence-electron chi connectivity index (χ3n) is 5.66. The first-order valence-corrected chi connectivity index (χ1v) is 10.6. The molecule has 8 heteroatoms. The summed E-state index contributed by atoms with van der Waals surface area (Å²) in [6.45, 7) is 1.87. The quantitative estimate of drug-likeness (QED) is 0.624. The van der Waals surface area contributed by atoms with Crippen molar-refractivity contribution in [2.24, 2.45) is 0 Å². The number of hydrogen-bond donors (Lipinski definition) is 2. The number of para-hydroxylation sites is 1. The van der Waals surface area contributed by atoms with Gasteiger partial charge in [0.2, 0.25) is 11.8 Å². The van der Waals surface area contributed by atoms with Crippen LogP contribution in [-0.4, -0.2) is 65.8 Å². The Kier molecular flexibility index (Phi) is 6.39. The Bertz CT molecular complexity index is 1130. The number of anilines is 1. The standard InChI is InChI=1S/C24H26N4O4/c1-32-18-6-4-5-17(15-18)26-22(29)9-10-23(30)27-11-13-28(14-12-27)24(31)20-16-25-21-8-3-2-7-19(20)21/h2-8,15-16,25H,9-14H2,1H3,(H,26,29). The lowest BCUT2D eigenvalue weighted by molar-refractivity contribution is -0.134. The first kappa shape index (κ1) is 21.4. The Balaban J connectivity index is 1.25. The fraction of sp³-hybridized carbons (Fsp3) is 0.292. The number of carbonyl (C=O) groups excluding carboxylic acids is 3. The summed E-state index contributed by atoms with van der Waals surface area (Å²) >= 11 is 0. The molecule has 166 valence electrons. The second-order valence-corrected chi connectivity index (χ2v) is 7.70. The fourth-order valence-electron chi connectivity index (χ4n) is 3.88. The third-order valence-corrected chi connectivity index (χ3v) is 5.66. The lowest BCUT2D eigenvalue weighted by Crippen LogP contribution is -2.50. The van der Waals surface area contributed by atoms with E-state index in [1.165, 1.54) is 0 Å². The zero-order chi connectivity index (χ0) is 22.5. The average molecular weight is 434 g/mol. The summed E-state index contributed by atoms with van der Waals surface area (Å²) in [7, 11) is 1.56. The summed E-state index contributed by atoms with van der Waals surface area (Å²) in [4.78, 5) is 44.3. The highest BCUT2D eigenvalue weighted by molar-refractivity contribution is 6.06. The molecular weight excluding hydrogens is 408 g/mol. The summed E-state index contributed by atoms with van der Waals surface area (Å²) in [6.07, 6.45) is 1.97. The van der Waals surface area contributed by atoms with Crippen molar-refractivity contribution in [2.45, 2.75) is 12.8 Å². The Hall–Kier alpha value is -3.81. The van der Waals surface area contributed by atoms with Crippen molar-refractivity contribution in [3.05, 3.63) is 60.3 Å². The van der Waals surface area contributed by atoms with E-state index >= 15 is 0 Å². The number of nitrogens with one attached hydrogen (secondary N) is 2. The van der Waals surface area contributed by atoms with E-state index < -0.39 is 0 Å². The summed E-state index contributed by atoms with van der Waals surface area (Å²) in [5.74, 6) is 0.316. The van der Waals surface area contributed by atoms with E-state index in [1.54, 1.807) is 47.4 Å². The van der Waals surface area contributed by atoms with Crippen LogP contribution in [0.5, 0.6) is 5.75 Å². The van der Waals surface area contributed by atoms with Crippen LogP contribution < -0.4 is 10.1 Å². The summed E-state index contributed by atoms with van der Waals surface area (Å²) < 4.78 is 5.14. The SMILES string of the molecule is COc1cccc(NC(=O)CCC(=O)N2CCN(C(=O)c3c[nH]c4ccccc34)CC2)c1. The van der Waals surface area contributed by atoms with Crippen molar-refractivity contribution < 1.29 is 19.1 Å². The molecule has 0 spiro atoms. The maximum Gasteiger partial charge on any atom is 0.256 e. The van der Waals surface area contributed by atoms with Crippen LogP contribution in [0.2, 0.25) is 0 Å². The number of H-pyrrole nitrogens is 1. The molecule has 4 rings (SSSR count). The first-order chi connectivity index (χ1) is 15.5. The molecule has 1 saturated heterocycles. The number of aromatic amines is 1. The second kappa shape index (κ2) is 9.55. The zero-order valence-corrected chi connectivity index (χ0v) is 18.0. The molecule has 3 aromatic rings. The Labute approximate surface area is 186 Å². The van der Waals surface area contributed by atoms with E-state index in [0.717, 1.165) is 10.9 Å². The minimum Gasteiger partial charge on any atom is -0.497 e. The molecule has 0 saturated carbocycles. The minimum absolute atomic E-state index is 0.0350. The van der Waals surface area contributed by atoms with Crippen LogP contribution >= 0.6 is 0 Å². The molecule has 8 nitrogen and oxygen atoms in total. The van der Waals surface area contributed by atoms with E-state index in [0.29, 0.717) is 43.2 Å². The topological polar surface area (TPSA) is 94.7 Å². The van der Waals surface area contributed by atoms with Crippen molar-refractivity contribution in [3.63, 3.8) is 0 Å². The van der Waals surface area contributed by atoms with Crippen LogP contribution in [0.25, 0.3) is 10.9 Å². The molecule has 1 fully saturated rings. The molecule has 32 heavy (non-hydrogen) atoms. The van der Waals surface area contributed by atoms with E-state index in [1.807, 2.05) is 24.3 Å². The van der Waals surface area contributed by atoms with E-state index in [2.05, 4.69) is 10.3 Å². The molecule has 0 atom stereocenters. The molecule has 3 amide bonds. The molecule has 1 aliphatic heterocycles. The van der Waals surface area contributed by atoms with Crippen LogP contribution in [0.15, 0.2) is 54.7 Å². The van der Waals surface area contributed by atoms with Gasteiger partial charge in [0.1, 0.15) is 5.75 Å². The van der Waals surface area contributed by atoms with Gasteiger partial charge in [0, 0.05) is 67.9 Å². The molecule has 1 aliphatic rings. The number of rotatable bonds is 6. The van der Waals surface area contributed by atoms with Gasteiger partial charge in [-0.15, -0.1) is 0 Å². The molecule has 2 heterocycles. The first-order valence-electron chi connectivity index (χ1n) is 10.6. The predicted octanol–water partition coefficient (Wildman–Crippen LogP) is 2.88. The number of hydrogen-bond acceptors (Lipinski definition) is 4. The molecule has 0 aliphatic carbocycles. The van der Waals surface area contributed by atoms with Crippen LogP contribution in [0, 0.1) is 0 Å². The minimum atomic E-state index is -0.222. The van der Waals surface area contributed by atoms with Gasteiger partial charge in [-0.25, -0.2) is 0 Å². The van der Waals surface area contributed by atoms with Gasteiger partial charge in [0.15, 0.2) is 0 Å². The van der Waals surface area contributed by atoms with Gasteiger partial charge in [0.25, 0.3) is 5.91 Å².